The van der Waals surface area contributed by atoms with Gasteiger partial charge >= 0.3 is 0 Å². The molecule has 1 unspecified atom stereocenters. The van der Waals surface area contributed by atoms with Gasteiger partial charge in [0.1, 0.15) is 0 Å². The van der Waals surface area contributed by atoms with Crippen LogP contribution in [0, 0.1) is 5.92 Å². The Bertz CT molecular complexity index is 275. The van der Waals surface area contributed by atoms with Crippen LogP contribution in [0.5, 0.6) is 0 Å². The molecular weight excluding hydrogens is 254 g/mol. The van der Waals surface area contributed by atoms with Crippen LogP contribution in [-0.4, -0.2) is 65.6 Å². The van der Waals surface area contributed by atoms with Gasteiger partial charge in [0, 0.05) is 42.7 Å². The maximum absolute atomic E-state index is 6.19. The van der Waals surface area contributed by atoms with Gasteiger partial charge in [-0.3, -0.25) is 4.90 Å². The zero-order valence-electron chi connectivity index (χ0n) is 12.9. The van der Waals surface area contributed by atoms with Crippen LogP contribution in [0.2, 0.25) is 0 Å². The zero-order valence-corrected chi connectivity index (χ0v) is 13.7. The van der Waals surface area contributed by atoms with Crippen LogP contribution < -0.4 is 5.73 Å². The highest BCUT2D eigenvalue weighted by Crippen LogP contribution is 2.32. The van der Waals surface area contributed by atoms with Crippen LogP contribution in [0.15, 0.2) is 0 Å². The van der Waals surface area contributed by atoms with Crippen molar-refractivity contribution in [3.05, 3.63) is 0 Å². The zero-order chi connectivity index (χ0) is 13.9. The van der Waals surface area contributed by atoms with Gasteiger partial charge in [0.25, 0.3) is 0 Å². The van der Waals surface area contributed by atoms with Gasteiger partial charge in [-0.2, -0.15) is 11.8 Å². The van der Waals surface area contributed by atoms with Crippen molar-refractivity contribution in [1.29, 1.82) is 0 Å². The third kappa shape index (κ3) is 3.87. The number of rotatable bonds is 4. The fraction of sp³-hybridized carbons (Fsp3) is 1.00. The van der Waals surface area contributed by atoms with Gasteiger partial charge in [0.2, 0.25) is 0 Å². The SMILES string of the molecule is CC(C)CN1CCC(CN)(N2CCSC(C)C2)CC1. The third-order valence-electron chi connectivity index (χ3n) is 4.70. The summed E-state index contributed by atoms with van der Waals surface area (Å²) in [6.07, 6.45) is 2.52. The highest BCUT2D eigenvalue weighted by molar-refractivity contribution is 7.99. The van der Waals surface area contributed by atoms with Crippen molar-refractivity contribution in [3.8, 4) is 0 Å². The van der Waals surface area contributed by atoms with Crippen molar-refractivity contribution in [3.63, 3.8) is 0 Å². The molecule has 1 atom stereocenters. The molecule has 2 heterocycles. The van der Waals surface area contributed by atoms with E-state index in [0.29, 0.717) is 5.54 Å². The van der Waals surface area contributed by atoms with Crippen molar-refractivity contribution in [2.45, 2.75) is 44.4 Å². The normalized spacial score (nSPS) is 29.8. The number of hydrogen-bond donors (Lipinski definition) is 1. The van der Waals surface area contributed by atoms with E-state index in [9.17, 15) is 0 Å². The molecule has 0 spiro atoms. The Balaban J connectivity index is 1.93. The molecule has 0 radical (unpaired) electrons. The van der Waals surface area contributed by atoms with Crippen molar-refractivity contribution in [2.24, 2.45) is 11.7 Å². The standard InChI is InChI=1S/C15H31N3S/c1-13(2)10-17-6-4-15(12-16,5-7-17)18-8-9-19-14(3)11-18/h13-14H,4-12,16H2,1-3H3. The molecule has 2 N–H and O–H groups in total. The van der Waals surface area contributed by atoms with E-state index in [1.54, 1.807) is 0 Å². The lowest BCUT2D eigenvalue weighted by Gasteiger charge is -2.51. The van der Waals surface area contributed by atoms with Gasteiger partial charge in [0.15, 0.2) is 0 Å². The molecule has 2 fully saturated rings. The fourth-order valence-electron chi connectivity index (χ4n) is 3.57. The summed E-state index contributed by atoms with van der Waals surface area (Å²) in [5.74, 6) is 2.05. The fourth-order valence-corrected chi connectivity index (χ4v) is 4.58. The first-order valence-corrected chi connectivity index (χ1v) is 8.90. The Morgan fingerprint density at radius 3 is 2.47 bits per heavy atom. The maximum atomic E-state index is 6.19. The number of piperidine rings is 1. The van der Waals surface area contributed by atoms with Gasteiger partial charge in [-0.05, 0) is 31.8 Å². The lowest BCUT2D eigenvalue weighted by atomic mass is 9.85. The Morgan fingerprint density at radius 1 is 1.26 bits per heavy atom. The highest BCUT2D eigenvalue weighted by Gasteiger charge is 2.40. The average molecular weight is 286 g/mol. The molecule has 0 saturated carbocycles. The van der Waals surface area contributed by atoms with E-state index >= 15 is 0 Å². The lowest BCUT2D eigenvalue weighted by Crippen LogP contribution is -2.62. The molecule has 0 aromatic rings. The van der Waals surface area contributed by atoms with Crippen LogP contribution in [0.25, 0.3) is 0 Å². The molecule has 2 aliphatic rings. The third-order valence-corrected chi connectivity index (χ3v) is 5.84. The van der Waals surface area contributed by atoms with Gasteiger partial charge in [-0.15, -0.1) is 0 Å². The van der Waals surface area contributed by atoms with E-state index in [-0.39, 0.29) is 0 Å². The van der Waals surface area contributed by atoms with Gasteiger partial charge in [-0.25, -0.2) is 0 Å². The second-order valence-corrected chi connectivity index (χ2v) is 8.30. The Morgan fingerprint density at radius 2 is 1.95 bits per heavy atom. The molecule has 2 aliphatic heterocycles. The van der Waals surface area contributed by atoms with Gasteiger partial charge in [0.05, 0.1) is 0 Å². The van der Waals surface area contributed by atoms with Crippen LogP contribution >= 0.6 is 11.8 Å². The van der Waals surface area contributed by atoms with E-state index in [4.69, 9.17) is 5.73 Å². The lowest BCUT2D eigenvalue weighted by molar-refractivity contribution is 0.0265. The van der Waals surface area contributed by atoms with E-state index in [1.807, 2.05) is 0 Å². The molecule has 0 amide bonds. The van der Waals surface area contributed by atoms with Crippen molar-refractivity contribution < 1.29 is 0 Å². The number of hydrogen-bond acceptors (Lipinski definition) is 4. The molecule has 0 aromatic carbocycles. The molecule has 0 aromatic heterocycles. The topological polar surface area (TPSA) is 32.5 Å². The number of nitrogens with two attached hydrogens (primary N) is 1. The molecule has 3 nitrogen and oxygen atoms in total. The predicted molar refractivity (Wildman–Crippen MR) is 85.8 cm³/mol. The van der Waals surface area contributed by atoms with Crippen LogP contribution in [-0.2, 0) is 0 Å². The average Bonchev–Trinajstić information content (AvgIpc) is 2.39. The molecule has 0 bridgehead atoms. The van der Waals surface area contributed by atoms with Crippen molar-refractivity contribution in [1.82, 2.24) is 9.80 Å². The molecule has 4 heteroatoms. The minimum atomic E-state index is 0.294. The number of thioether (sulfide) groups is 1. The van der Waals surface area contributed by atoms with Gasteiger partial charge < -0.3 is 10.6 Å². The number of likely N-dealkylation sites (tertiary alicyclic amines) is 1. The molecule has 0 aliphatic carbocycles. The van der Waals surface area contributed by atoms with Gasteiger partial charge in [-0.1, -0.05) is 20.8 Å². The molecular formula is C15H31N3S. The summed E-state index contributed by atoms with van der Waals surface area (Å²) in [5.41, 5.74) is 6.49. The van der Waals surface area contributed by atoms with E-state index < -0.39 is 0 Å². The monoisotopic (exact) mass is 285 g/mol. The predicted octanol–water partition coefficient (Wildman–Crippen LogP) is 1.87. The Labute approximate surface area is 123 Å². The van der Waals surface area contributed by atoms with Crippen LogP contribution in [0.3, 0.4) is 0 Å². The van der Waals surface area contributed by atoms with E-state index in [0.717, 1.165) is 17.7 Å². The summed E-state index contributed by atoms with van der Waals surface area (Å²) in [4.78, 5) is 5.33. The highest BCUT2D eigenvalue weighted by atomic mass is 32.2. The van der Waals surface area contributed by atoms with Crippen LogP contribution in [0.1, 0.15) is 33.6 Å². The molecule has 2 saturated heterocycles. The summed E-state index contributed by atoms with van der Waals surface area (Å²) in [5, 5.41) is 0.769. The summed E-state index contributed by atoms with van der Waals surface area (Å²) in [7, 11) is 0. The number of nitrogens with zero attached hydrogens (tertiary/aromatic N) is 2. The first kappa shape index (κ1) is 15.6. The molecule has 112 valence electrons. The Kier molecular flexibility index (Phi) is 5.58. The molecule has 19 heavy (non-hydrogen) atoms. The summed E-state index contributed by atoms with van der Waals surface area (Å²) >= 11 is 2.11. The minimum absolute atomic E-state index is 0.294. The van der Waals surface area contributed by atoms with E-state index in [2.05, 4.69) is 42.3 Å². The maximum Gasteiger partial charge on any atom is 0.0356 e. The van der Waals surface area contributed by atoms with Crippen molar-refractivity contribution in [2.75, 3.05) is 45.0 Å². The Hall–Kier alpha value is 0.230. The molecule has 2 rings (SSSR count). The smallest absolute Gasteiger partial charge is 0.0356 e. The second kappa shape index (κ2) is 6.79. The van der Waals surface area contributed by atoms with Crippen molar-refractivity contribution >= 4 is 11.8 Å². The second-order valence-electron chi connectivity index (χ2n) is 6.75. The quantitative estimate of drug-likeness (QED) is 0.855. The summed E-state index contributed by atoms with van der Waals surface area (Å²) < 4.78 is 0. The summed E-state index contributed by atoms with van der Waals surface area (Å²) in [6.45, 7) is 14.0. The first-order chi connectivity index (χ1) is 9.05. The largest absolute Gasteiger partial charge is 0.329 e. The van der Waals surface area contributed by atoms with E-state index in [1.165, 1.54) is 51.3 Å². The first-order valence-electron chi connectivity index (χ1n) is 7.85. The van der Waals surface area contributed by atoms with Crippen LogP contribution in [0.4, 0.5) is 0 Å². The summed E-state index contributed by atoms with van der Waals surface area (Å²) in [6, 6.07) is 0. The minimum Gasteiger partial charge on any atom is -0.329 e.